The summed E-state index contributed by atoms with van der Waals surface area (Å²) in [7, 11) is -2.41. The third-order valence-corrected chi connectivity index (χ3v) is 13.3. The SMILES string of the molecule is COc1cc2nccc(Oc3ccc(NS(=O)(=O)c4ccc(Br)c(F)c4)c(F)c3)c2cc1OC.COc1cc2nccc(Oc3ccc(NS(=O)(=O)c4ccc(F)c(Cl)c4)c(F)c3)c2cc1OC. The van der Waals surface area contributed by atoms with Crippen LogP contribution in [0.1, 0.15) is 0 Å². The van der Waals surface area contributed by atoms with Crippen molar-refractivity contribution < 1.29 is 62.8 Å². The fraction of sp³-hybridized carbons (Fsp3) is 0.0870. The molecule has 8 rings (SSSR count). The van der Waals surface area contributed by atoms with Crippen LogP contribution >= 0.6 is 27.5 Å². The number of sulfonamides is 2. The lowest BCUT2D eigenvalue weighted by Gasteiger charge is -2.13. The molecule has 0 spiro atoms. The summed E-state index contributed by atoms with van der Waals surface area (Å²) in [4.78, 5) is 7.90. The Morgan fingerprint density at radius 2 is 0.912 bits per heavy atom. The van der Waals surface area contributed by atoms with Gasteiger partial charge in [-0.25, -0.2) is 34.4 Å². The molecular formula is C46H34BrClF4N4O10S2. The van der Waals surface area contributed by atoms with Crippen LogP contribution in [0.2, 0.25) is 5.02 Å². The molecule has 68 heavy (non-hydrogen) atoms. The topological polar surface area (TPSA) is 174 Å². The first-order valence-electron chi connectivity index (χ1n) is 19.4. The number of aromatic nitrogens is 2. The van der Waals surface area contributed by atoms with Gasteiger partial charge in [0.25, 0.3) is 20.0 Å². The van der Waals surface area contributed by atoms with Crippen molar-refractivity contribution in [3.63, 3.8) is 0 Å². The Hall–Kier alpha value is -7.07. The highest BCUT2D eigenvalue weighted by Crippen LogP contribution is 2.39. The third kappa shape index (κ3) is 10.9. The normalized spacial score (nSPS) is 11.3. The Morgan fingerprint density at radius 3 is 1.32 bits per heavy atom. The molecule has 0 bridgehead atoms. The average molecular weight is 1060 g/mol. The van der Waals surface area contributed by atoms with Crippen molar-refractivity contribution in [3.05, 3.63) is 154 Å². The summed E-state index contributed by atoms with van der Waals surface area (Å²) >= 11 is 8.61. The molecule has 2 aromatic heterocycles. The lowest BCUT2D eigenvalue weighted by molar-refractivity contribution is 0.355. The van der Waals surface area contributed by atoms with Crippen LogP contribution < -0.4 is 37.9 Å². The van der Waals surface area contributed by atoms with Crippen molar-refractivity contribution in [1.29, 1.82) is 0 Å². The van der Waals surface area contributed by atoms with Gasteiger partial charge in [0.1, 0.15) is 34.6 Å². The standard InChI is InChI=1S/C23H17BrF2N2O5S.C23H17ClF2N2O5S/c1-31-22-11-15-20(12-23(22)32-2)27-8-7-21(15)33-13-3-6-19(18(26)9-13)28-34(29,30)14-4-5-16(24)17(25)10-14;1-31-22-11-15-20(12-23(22)32-2)27-8-7-21(15)33-13-3-6-19(18(26)9-13)28-34(29,30)14-4-5-17(25)16(24)10-14/h2*3-12,28H,1-2H3. The van der Waals surface area contributed by atoms with E-state index in [9.17, 15) is 34.4 Å². The number of methoxy groups -OCH3 is 4. The van der Waals surface area contributed by atoms with E-state index >= 15 is 0 Å². The zero-order valence-electron chi connectivity index (χ0n) is 35.6. The van der Waals surface area contributed by atoms with Gasteiger partial charge in [0.05, 0.1) is 70.1 Å². The Morgan fingerprint density at radius 1 is 0.485 bits per heavy atom. The Balaban J connectivity index is 0.000000201. The molecular weight excluding hydrogens is 1020 g/mol. The van der Waals surface area contributed by atoms with Gasteiger partial charge in [0, 0.05) is 47.4 Å². The van der Waals surface area contributed by atoms with Crippen LogP contribution in [0.5, 0.6) is 46.0 Å². The van der Waals surface area contributed by atoms with E-state index in [1.807, 2.05) is 0 Å². The van der Waals surface area contributed by atoms with Crippen LogP contribution in [0.3, 0.4) is 0 Å². The Bertz CT molecular complexity index is 3230. The predicted octanol–water partition coefficient (Wildman–Crippen LogP) is 11.7. The summed E-state index contributed by atoms with van der Waals surface area (Å²) in [6.45, 7) is 0. The number of benzene rings is 6. The maximum atomic E-state index is 14.7. The molecule has 0 aliphatic heterocycles. The number of nitrogens with one attached hydrogen (secondary N) is 2. The lowest BCUT2D eigenvalue weighted by atomic mass is 10.2. The largest absolute Gasteiger partial charge is 0.493 e. The van der Waals surface area contributed by atoms with Crippen LogP contribution in [-0.2, 0) is 20.0 Å². The second-order valence-corrected chi connectivity index (χ2v) is 18.5. The number of ether oxygens (including phenoxy) is 6. The molecule has 0 radical (unpaired) electrons. The molecule has 22 heteroatoms. The van der Waals surface area contributed by atoms with E-state index in [1.54, 1.807) is 36.4 Å². The molecule has 2 N–H and O–H groups in total. The monoisotopic (exact) mass is 1060 g/mol. The predicted molar refractivity (Wildman–Crippen MR) is 250 cm³/mol. The molecule has 0 fully saturated rings. The van der Waals surface area contributed by atoms with Gasteiger partial charge in [0.2, 0.25) is 0 Å². The fourth-order valence-corrected chi connectivity index (χ4v) is 8.97. The first-order valence-corrected chi connectivity index (χ1v) is 23.5. The van der Waals surface area contributed by atoms with Crippen molar-refractivity contribution in [2.24, 2.45) is 0 Å². The summed E-state index contributed by atoms with van der Waals surface area (Å²) < 4.78 is 144. The van der Waals surface area contributed by atoms with Crippen LogP contribution in [0, 0.1) is 23.3 Å². The van der Waals surface area contributed by atoms with Crippen molar-refractivity contribution in [3.8, 4) is 46.0 Å². The number of anilines is 2. The molecule has 0 saturated heterocycles. The average Bonchev–Trinajstić information content (AvgIpc) is 3.31. The van der Waals surface area contributed by atoms with Crippen LogP contribution in [0.15, 0.2) is 136 Å². The number of pyridine rings is 2. The van der Waals surface area contributed by atoms with E-state index in [4.69, 9.17) is 40.0 Å². The smallest absolute Gasteiger partial charge is 0.262 e. The molecule has 2 heterocycles. The third-order valence-electron chi connectivity index (χ3n) is 9.64. The zero-order valence-corrected chi connectivity index (χ0v) is 39.6. The number of nitrogens with zero attached hydrogens (tertiary/aromatic N) is 2. The molecule has 0 atom stereocenters. The minimum atomic E-state index is -4.22. The van der Waals surface area contributed by atoms with Gasteiger partial charge in [-0.1, -0.05) is 11.6 Å². The zero-order chi connectivity index (χ0) is 48.9. The van der Waals surface area contributed by atoms with Crippen LogP contribution in [0.25, 0.3) is 21.8 Å². The summed E-state index contributed by atoms with van der Waals surface area (Å²) in [5, 5.41) is 0.826. The van der Waals surface area contributed by atoms with Gasteiger partial charge in [-0.3, -0.25) is 19.4 Å². The quantitative estimate of drug-likeness (QED) is 0.0988. The van der Waals surface area contributed by atoms with Gasteiger partial charge in [-0.15, -0.1) is 0 Å². The number of hydrogen-bond donors (Lipinski definition) is 2. The molecule has 0 unspecified atom stereocenters. The first kappa shape index (κ1) is 48.9. The van der Waals surface area contributed by atoms with Crippen molar-refractivity contribution in [2.45, 2.75) is 9.79 Å². The van der Waals surface area contributed by atoms with E-state index in [-0.39, 0.29) is 42.2 Å². The summed E-state index contributed by atoms with van der Waals surface area (Å²) in [6, 6.07) is 23.4. The summed E-state index contributed by atoms with van der Waals surface area (Å²) in [5.74, 6) is -0.383. The number of halogens is 6. The molecule has 352 valence electrons. The second kappa shape index (κ2) is 20.4. The Labute approximate surface area is 399 Å². The van der Waals surface area contributed by atoms with Gasteiger partial charge in [0.15, 0.2) is 34.6 Å². The van der Waals surface area contributed by atoms with Gasteiger partial charge in [-0.2, -0.15) is 0 Å². The van der Waals surface area contributed by atoms with Crippen LogP contribution in [-0.4, -0.2) is 55.2 Å². The van der Waals surface area contributed by atoms with Gasteiger partial charge in [-0.05, 0) is 101 Å². The maximum absolute atomic E-state index is 14.7. The summed E-state index contributed by atoms with van der Waals surface area (Å²) in [5.41, 5.74) is 0.500. The highest BCUT2D eigenvalue weighted by molar-refractivity contribution is 9.10. The van der Waals surface area contributed by atoms with E-state index in [2.05, 4.69) is 35.3 Å². The van der Waals surface area contributed by atoms with E-state index in [0.717, 1.165) is 36.4 Å². The van der Waals surface area contributed by atoms with Crippen molar-refractivity contribution >= 4 is 80.8 Å². The fourth-order valence-electron chi connectivity index (χ4n) is 6.31. The highest BCUT2D eigenvalue weighted by Gasteiger charge is 2.21. The number of hydrogen-bond acceptors (Lipinski definition) is 12. The number of fused-ring (bicyclic) bond motifs is 2. The lowest BCUT2D eigenvalue weighted by Crippen LogP contribution is -2.14. The molecule has 0 aliphatic carbocycles. The second-order valence-electron chi connectivity index (χ2n) is 13.9. The number of rotatable bonds is 14. The minimum Gasteiger partial charge on any atom is -0.493 e. The molecule has 8 aromatic rings. The minimum absolute atomic E-state index is 0.110. The van der Waals surface area contributed by atoms with Crippen molar-refractivity contribution in [1.82, 2.24) is 9.97 Å². The van der Waals surface area contributed by atoms with Gasteiger partial charge < -0.3 is 28.4 Å². The highest BCUT2D eigenvalue weighted by atomic mass is 79.9. The molecule has 6 aromatic carbocycles. The van der Waals surface area contributed by atoms with Crippen molar-refractivity contribution in [2.75, 3.05) is 37.9 Å². The van der Waals surface area contributed by atoms with E-state index in [0.29, 0.717) is 56.3 Å². The molecule has 0 amide bonds. The van der Waals surface area contributed by atoms with E-state index < -0.39 is 43.3 Å². The molecule has 0 saturated carbocycles. The molecule has 14 nitrogen and oxygen atoms in total. The Kier molecular flexibility index (Phi) is 14.7. The first-order chi connectivity index (χ1) is 32.4. The van der Waals surface area contributed by atoms with Gasteiger partial charge >= 0.3 is 0 Å². The van der Waals surface area contributed by atoms with Crippen LogP contribution in [0.4, 0.5) is 28.9 Å². The van der Waals surface area contributed by atoms with E-state index in [1.165, 1.54) is 77.2 Å². The molecule has 0 aliphatic rings. The summed E-state index contributed by atoms with van der Waals surface area (Å²) in [6.07, 6.45) is 3.05. The maximum Gasteiger partial charge on any atom is 0.262 e.